The highest BCUT2D eigenvalue weighted by molar-refractivity contribution is 5.55. The van der Waals surface area contributed by atoms with Crippen molar-refractivity contribution in [2.45, 2.75) is 32.7 Å². The third-order valence-corrected chi connectivity index (χ3v) is 5.36. The molecule has 0 aliphatic carbocycles. The fourth-order valence-electron chi connectivity index (χ4n) is 3.75. The summed E-state index contributed by atoms with van der Waals surface area (Å²) in [5.41, 5.74) is 4.41. The molecule has 4 nitrogen and oxygen atoms in total. The summed E-state index contributed by atoms with van der Waals surface area (Å²) in [5.74, 6) is 0. The van der Waals surface area contributed by atoms with Crippen LogP contribution in [-0.2, 0) is 6.42 Å². The van der Waals surface area contributed by atoms with Gasteiger partial charge in [0.2, 0.25) is 0 Å². The molecule has 0 radical (unpaired) electrons. The number of hydrogen-bond acceptors (Lipinski definition) is 4. The fraction of sp³-hybridized carbons (Fsp3) is 0.579. The van der Waals surface area contributed by atoms with E-state index in [0.29, 0.717) is 0 Å². The van der Waals surface area contributed by atoms with E-state index in [1.807, 2.05) is 0 Å². The second-order valence-corrected chi connectivity index (χ2v) is 7.02. The lowest BCUT2D eigenvalue weighted by Gasteiger charge is -2.38. The van der Waals surface area contributed by atoms with Gasteiger partial charge in [-0.25, -0.2) is 0 Å². The Balaban J connectivity index is 1.82. The van der Waals surface area contributed by atoms with Gasteiger partial charge in [0.25, 0.3) is 0 Å². The lowest BCUT2D eigenvalue weighted by Crippen LogP contribution is -2.45. The van der Waals surface area contributed by atoms with Crippen LogP contribution in [0.1, 0.15) is 26.3 Å². The SMILES string of the molecule is CC=C(Cc1ccccc1N1CCNC1)C(C)(C)N1CCNC1. The molecule has 0 spiro atoms. The Morgan fingerprint density at radius 1 is 1.13 bits per heavy atom. The first-order valence-corrected chi connectivity index (χ1v) is 8.78. The number of anilines is 1. The van der Waals surface area contributed by atoms with E-state index >= 15 is 0 Å². The molecule has 2 heterocycles. The fourth-order valence-corrected chi connectivity index (χ4v) is 3.75. The largest absolute Gasteiger partial charge is 0.357 e. The summed E-state index contributed by atoms with van der Waals surface area (Å²) in [5, 5.41) is 6.89. The van der Waals surface area contributed by atoms with Gasteiger partial charge in [-0.05, 0) is 38.8 Å². The van der Waals surface area contributed by atoms with Crippen LogP contribution >= 0.6 is 0 Å². The van der Waals surface area contributed by atoms with Crippen molar-refractivity contribution in [2.24, 2.45) is 0 Å². The predicted molar refractivity (Wildman–Crippen MR) is 97.8 cm³/mol. The molecule has 1 aromatic carbocycles. The quantitative estimate of drug-likeness (QED) is 0.816. The lowest BCUT2D eigenvalue weighted by atomic mass is 9.86. The van der Waals surface area contributed by atoms with Crippen LogP contribution in [0.3, 0.4) is 0 Å². The minimum Gasteiger partial charge on any atom is -0.357 e. The van der Waals surface area contributed by atoms with Crippen LogP contribution in [0.15, 0.2) is 35.9 Å². The van der Waals surface area contributed by atoms with Crippen molar-refractivity contribution >= 4 is 5.69 Å². The van der Waals surface area contributed by atoms with Gasteiger partial charge in [-0.1, -0.05) is 29.8 Å². The number of hydrogen-bond donors (Lipinski definition) is 2. The van der Waals surface area contributed by atoms with Crippen molar-refractivity contribution in [3.05, 3.63) is 41.5 Å². The maximum atomic E-state index is 3.46. The second kappa shape index (κ2) is 7.04. The molecule has 0 unspecified atom stereocenters. The molecule has 3 rings (SSSR count). The maximum Gasteiger partial charge on any atom is 0.0683 e. The molecule has 2 N–H and O–H groups in total. The number of benzene rings is 1. The van der Waals surface area contributed by atoms with Crippen LogP contribution in [0, 0.1) is 0 Å². The van der Waals surface area contributed by atoms with Crippen LogP contribution in [0.25, 0.3) is 0 Å². The van der Waals surface area contributed by atoms with Crippen molar-refractivity contribution in [2.75, 3.05) is 44.4 Å². The zero-order valence-electron chi connectivity index (χ0n) is 14.7. The van der Waals surface area contributed by atoms with Crippen molar-refractivity contribution in [3.63, 3.8) is 0 Å². The smallest absolute Gasteiger partial charge is 0.0683 e. The van der Waals surface area contributed by atoms with E-state index in [4.69, 9.17) is 0 Å². The van der Waals surface area contributed by atoms with Gasteiger partial charge in [0.15, 0.2) is 0 Å². The predicted octanol–water partition coefficient (Wildman–Crippen LogP) is 2.18. The van der Waals surface area contributed by atoms with Crippen molar-refractivity contribution in [1.29, 1.82) is 0 Å². The van der Waals surface area contributed by atoms with Crippen molar-refractivity contribution < 1.29 is 0 Å². The summed E-state index contributed by atoms with van der Waals surface area (Å²) in [7, 11) is 0. The molecule has 2 fully saturated rings. The molecule has 0 atom stereocenters. The van der Waals surface area contributed by atoms with Crippen LogP contribution < -0.4 is 15.5 Å². The first-order valence-electron chi connectivity index (χ1n) is 8.78. The Morgan fingerprint density at radius 2 is 1.87 bits per heavy atom. The Bertz CT molecular complexity index is 552. The molecule has 126 valence electrons. The molecular formula is C19H30N4. The van der Waals surface area contributed by atoms with E-state index in [1.54, 1.807) is 0 Å². The average molecular weight is 314 g/mol. The Morgan fingerprint density at radius 3 is 2.52 bits per heavy atom. The van der Waals surface area contributed by atoms with Gasteiger partial charge in [-0.3, -0.25) is 10.2 Å². The van der Waals surface area contributed by atoms with Crippen LogP contribution in [0.4, 0.5) is 5.69 Å². The van der Waals surface area contributed by atoms with Gasteiger partial charge >= 0.3 is 0 Å². The number of allylic oxidation sites excluding steroid dienone is 1. The van der Waals surface area contributed by atoms with Gasteiger partial charge in [-0.2, -0.15) is 0 Å². The monoisotopic (exact) mass is 314 g/mol. The minimum absolute atomic E-state index is 0.0919. The summed E-state index contributed by atoms with van der Waals surface area (Å²) >= 11 is 0. The normalized spacial score (nSPS) is 20.5. The van der Waals surface area contributed by atoms with E-state index < -0.39 is 0 Å². The summed E-state index contributed by atoms with van der Waals surface area (Å²) < 4.78 is 0. The topological polar surface area (TPSA) is 30.5 Å². The number of nitrogens with zero attached hydrogens (tertiary/aromatic N) is 2. The Hall–Kier alpha value is -1.36. The summed E-state index contributed by atoms with van der Waals surface area (Å²) in [6.45, 7) is 13.2. The number of rotatable bonds is 5. The molecule has 0 saturated carbocycles. The van der Waals surface area contributed by atoms with Gasteiger partial charge < -0.3 is 10.2 Å². The van der Waals surface area contributed by atoms with Gasteiger partial charge in [0, 0.05) is 44.1 Å². The summed E-state index contributed by atoms with van der Waals surface area (Å²) in [6.07, 6.45) is 3.34. The number of nitrogens with one attached hydrogen (secondary N) is 2. The van der Waals surface area contributed by atoms with E-state index in [1.165, 1.54) is 16.8 Å². The molecule has 2 aliphatic heterocycles. The van der Waals surface area contributed by atoms with Crippen LogP contribution in [0.5, 0.6) is 0 Å². The third-order valence-electron chi connectivity index (χ3n) is 5.36. The summed E-state index contributed by atoms with van der Waals surface area (Å²) in [6, 6.07) is 8.87. The molecule has 2 aliphatic rings. The van der Waals surface area contributed by atoms with E-state index in [-0.39, 0.29) is 5.54 Å². The standard InChI is InChI=1S/C19H30N4/c1-4-17(19(2,3)23-12-10-21-15-23)13-16-7-5-6-8-18(16)22-11-9-20-14-22/h4-8,20-21H,9-15H2,1-3H3. The highest BCUT2D eigenvalue weighted by Gasteiger charge is 2.32. The molecule has 23 heavy (non-hydrogen) atoms. The van der Waals surface area contributed by atoms with Gasteiger partial charge in [0.05, 0.1) is 6.67 Å². The summed E-state index contributed by atoms with van der Waals surface area (Å²) in [4.78, 5) is 5.00. The Labute approximate surface area is 140 Å². The van der Waals surface area contributed by atoms with Crippen molar-refractivity contribution in [3.8, 4) is 0 Å². The molecule has 2 saturated heterocycles. The molecule has 1 aromatic rings. The van der Waals surface area contributed by atoms with Crippen molar-refractivity contribution in [1.82, 2.24) is 15.5 Å². The first-order chi connectivity index (χ1) is 11.1. The van der Waals surface area contributed by atoms with E-state index in [0.717, 1.165) is 45.9 Å². The third kappa shape index (κ3) is 3.44. The van der Waals surface area contributed by atoms with Gasteiger partial charge in [-0.15, -0.1) is 0 Å². The average Bonchev–Trinajstić information content (AvgIpc) is 3.25. The van der Waals surface area contributed by atoms with Crippen LogP contribution in [-0.4, -0.2) is 50.0 Å². The molecule has 4 heteroatoms. The second-order valence-electron chi connectivity index (χ2n) is 7.02. The molecule has 0 aromatic heterocycles. The van der Waals surface area contributed by atoms with Gasteiger partial charge in [0.1, 0.15) is 0 Å². The molecule has 0 bridgehead atoms. The maximum absolute atomic E-state index is 3.46. The highest BCUT2D eigenvalue weighted by Crippen LogP contribution is 2.31. The highest BCUT2D eigenvalue weighted by atomic mass is 15.3. The van der Waals surface area contributed by atoms with E-state index in [2.05, 4.69) is 71.5 Å². The first kappa shape index (κ1) is 16.5. The minimum atomic E-state index is 0.0919. The Kier molecular flexibility index (Phi) is 5.05. The zero-order chi connectivity index (χ0) is 16.3. The lowest BCUT2D eigenvalue weighted by molar-refractivity contribution is 0.186. The molecular weight excluding hydrogens is 284 g/mol. The van der Waals surface area contributed by atoms with E-state index in [9.17, 15) is 0 Å². The number of para-hydroxylation sites is 1. The molecule has 0 amide bonds. The van der Waals surface area contributed by atoms with Crippen LogP contribution in [0.2, 0.25) is 0 Å². The zero-order valence-corrected chi connectivity index (χ0v) is 14.7.